The predicted octanol–water partition coefficient (Wildman–Crippen LogP) is 3.52. The van der Waals surface area contributed by atoms with Crippen molar-refractivity contribution in [3.05, 3.63) is 47.3 Å². The Kier molecular flexibility index (Phi) is 5.58. The summed E-state index contributed by atoms with van der Waals surface area (Å²) in [5, 5.41) is 6.83. The summed E-state index contributed by atoms with van der Waals surface area (Å²) in [5.74, 6) is 1.10. The Morgan fingerprint density at radius 2 is 2.09 bits per heavy atom. The van der Waals surface area contributed by atoms with Gasteiger partial charge in [0.25, 0.3) is 5.91 Å². The number of nitrogens with one attached hydrogen (secondary N) is 1. The lowest BCUT2D eigenvalue weighted by atomic mass is 9.99. The molecule has 1 N–H and O–H groups in total. The largest absolute Gasteiger partial charge is 0.497 e. The van der Waals surface area contributed by atoms with E-state index in [0.717, 1.165) is 29.8 Å². The number of carbonyl (C=O) groups excluding carboxylic acids is 1. The molecule has 0 radical (unpaired) electrons. The van der Waals surface area contributed by atoms with Gasteiger partial charge in [-0.1, -0.05) is 31.1 Å². The van der Waals surface area contributed by atoms with E-state index in [9.17, 15) is 4.79 Å². The van der Waals surface area contributed by atoms with Gasteiger partial charge in [0.1, 0.15) is 5.75 Å². The standard InChI is InChI=1S/C17H22N2O3/c1-4-13(5-2)15-10-16(22-19-15)17(20)18-11-12-7-6-8-14(9-12)21-3/h6-10,13H,4-5,11H2,1-3H3,(H,18,20). The number of hydrogen-bond donors (Lipinski definition) is 1. The van der Waals surface area contributed by atoms with Gasteiger partial charge in [-0.05, 0) is 30.5 Å². The van der Waals surface area contributed by atoms with Crippen molar-refractivity contribution in [2.45, 2.75) is 39.2 Å². The molecule has 0 aliphatic heterocycles. The maximum atomic E-state index is 12.1. The van der Waals surface area contributed by atoms with Gasteiger partial charge in [0.2, 0.25) is 5.76 Å². The Balaban J connectivity index is 1.97. The fourth-order valence-electron chi connectivity index (χ4n) is 2.35. The molecule has 5 heteroatoms. The molecular formula is C17H22N2O3. The highest BCUT2D eigenvalue weighted by molar-refractivity contribution is 5.91. The summed E-state index contributed by atoms with van der Waals surface area (Å²) in [7, 11) is 1.62. The van der Waals surface area contributed by atoms with E-state index in [1.807, 2.05) is 24.3 Å². The van der Waals surface area contributed by atoms with Crippen LogP contribution in [-0.4, -0.2) is 18.2 Å². The van der Waals surface area contributed by atoms with Gasteiger partial charge in [0, 0.05) is 18.5 Å². The first kappa shape index (κ1) is 16.1. The third kappa shape index (κ3) is 3.87. The molecule has 0 fully saturated rings. The molecule has 1 amide bonds. The first-order valence-electron chi connectivity index (χ1n) is 7.55. The van der Waals surface area contributed by atoms with Crippen LogP contribution < -0.4 is 10.1 Å². The van der Waals surface area contributed by atoms with Crippen LogP contribution in [0.1, 0.15) is 54.4 Å². The van der Waals surface area contributed by atoms with Crippen molar-refractivity contribution in [2.24, 2.45) is 0 Å². The van der Waals surface area contributed by atoms with E-state index in [4.69, 9.17) is 9.26 Å². The van der Waals surface area contributed by atoms with E-state index in [2.05, 4.69) is 24.3 Å². The molecule has 0 aliphatic carbocycles. The molecule has 0 unspecified atom stereocenters. The Morgan fingerprint density at radius 1 is 1.32 bits per heavy atom. The number of rotatable bonds is 7. The smallest absolute Gasteiger partial charge is 0.290 e. The van der Waals surface area contributed by atoms with Crippen molar-refractivity contribution in [2.75, 3.05) is 7.11 Å². The maximum Gasteiger partial charge on any atom is 0.290 e. The molecule has 1 heterocycles. The molecule has 118 valence electrons. The molecule has 0 saturated heterocycles. The minimum absolute atomic E-state index is 0.254. The zero-order chi connectivity index (χ0) is 15.9. The molecule has 1 aromatic carbocycles. The molecular weight excluding hydrogens is 280 g/mol. The van der Waals surface area contributed by atoms with Crippen LogP contribution in [0.3, 0.4) is 0 Å². The van der Waals surface area contributed by atoms with E-state index in [0.29, 0.717) is 12.5 Å². The van der Waals surface area contributed by atoms with Crippen LogP contribution >= 0.6 is 0 Å². The number of hydrogen-bond acceptors (Lipinski definition) is 4. The molecule has 1 aromatic heterocycles. The van der Waals surface area contributed by atoms with Gasteiger partial charge < -0.3 is 14.6 Å². The fourth-order valence-corrected chi connectivity index (χ4v) is 2.35. The average molecular weight is 302 g/mol. The number of methoxy groups -OCH3 is 1. The van der Waals surface area contributed by atoms with Crippen molar-refractivity contribution in [1.29, 1.82) is 0 Å². The number of amides is 1. The van der Waals surface area contributed by atoms with Gasteiger partial charge in [-0.3, -0.25) is 4.79 Å². The first-order chi connectivity index (χ1) is 10.7. The minimum atomic E-state index is -0.257. The fraction of sp³-hybridized carbons (Fsp3) is 0.412. The highest BCUT2D eigenvalue weighted by Crippen LogP contribution is 2.22. The maximum absolute atomic E-state index is 12.1. The van der Waals surface area contributed by atoms with Crippen molar-refractivity contribution >= 4 is 5.91 Å². The molecule has 2 rings (SSSR count). The molecule has 0 bridgehead atoms. The van der Waals surface area contributed by atoms with E-state index >= 15 is 0 Å². The molecule has 5 nitrogen and oxygen atoms in total. The first-order valence-corrected chi connectivity index (χ1v) is 7.55. The van der Waals surface area contributed by atoms with Gasteiger partial charge in [0.05, 0.1) is 12.8 Å². The van der Waals surface area contributed by atoms with Crippen LogP contribution in [0, 0.1) is 0 Å². The summed E-state index contributed by atoms with van der Waals surface area (Å²) in [6.07, 6.45) is 1.96. The van der Waals surface area contributed by atoms with E-state index < -0.39 is 0 Å². The van der Waals surface area contributed by atoms with Crippen LogP contribution in [0.4, 0.5) is 0 Å². The molecule has 0 aliphatic rings. The van der Waals surface area contributed by atoms with E-state index in [1.165, 1.54) is 0 Å². The number of nitrogens with zero attached hydrogens (tertiary/aromatic N) is 1. The Labute approximate surface area is 130 Å². The highest BCUT2D eigenvalue weighted by Gasteiger charge is 2.17. The second kappa shape index (κ2) is 7.64. The second-order valence-corrected chi connectivity index (χ2v) is 5.16. The number of ether oxygens (including phenoxy) is 1. The topological polar surface area (TPSA) is 64.4 Å². The normalized spacial score (nSPS) is 10.7. The average Bonchev–Trinajstić information content (AvgIpc) is 3.04. The van der Waals surface area contributed by atoms with Gasteiger partial charge in [-0.15, -0.1) is 0 Å². The van der Waals surface area contributed by atoms with E-state index in [1.54, 1.807) is 13.2 Å². The summed E-state index contributed by atoms with van der Waals surface area (Å²) in [5.41, 5.74) is 1.81. The summed E-state index contributed by atoms with van der Waals surface area (Å²) < 4.78 is 10.3. The van der Waals surface area contributed by atoms with Crippen LogP contribution in [0.15, 0.2) is 34.9 Å². The van der Waals surface area contributed by atoms with Crippen molar-refractivity contribution in [3.63, 3.8) is 0 Å². The Bertz CT molecular complexity index is 618. The SMILES string of the molecule is CCC(CC)c1cc(C(=O)NCc2cccc(OC)c2)on1. The lowest BCUT2D eigenvalue weighted by Crippen LogP contribution is -2.22. The molecule has 0 saturated carbocycles. The monoisotopic (exact) mass is 302 g/mol. The summed E-state index contributed by atoms with van der Waals surface area (Å²) in [4.78, 5) is 12.1. The lowest BCUT2D eigenvalue weighted by Gasteiger charge is -2.06. The number of aromatic nitrogens is 1. The predicted molar refractivity (Wildman–Crippen MR) is 84.0 cm³/mol. The van der Waals surface area contributed by atoms with Crippen LogP contribution in [0.25, 0.3) is 0 Å². The zero-order valence-corrected chi connectivity index (χ0v) is 13.3. The van der Waals surface area contributed by atoms with Crippen LogP contribution in [-0.2, 0) is 6.54 Å². The van der Waals surface area contributed by atoms with Crippen LogP contribution in [0.5, 0.6) is 5.75 Å². The van der Waals surface area contributed by atoms with Crippen LogP contribution in [0.2, 0.25) is 0 Å². The number of carbonyl (C=O) groups is 1. The summed E-state index contributed by atoms with van der Waals surface area (Å²) >= 11 is 0. The molecule has 22 heavy (non-hydrogen) atoms. The molecule has 0 atom stereocenters. The summed E-state index contributed by atoms with van der Waals surface area (Å²) in [6, 6.07) is 9.30. The lowest BCUT2D eigenvalue weighted by molar-refractivity contribution is 0.0913. The molecule has 0 spiro atoms. The van der Waals surface area contributed by atoms with Gasteiger partial charge in [-0.2, -0.15) is 0 Å². The Morgan fingerprint density at radius 3 is 2.77 bits per heavy atom. The number of benzene rings is 1. The summed E-state index contributed by atoms with van der Waals surface area (Å²) in [6.45, 7) is 4.62. The highest BCUT2D eigenvalue weighted by atomic mass is 16.5. The quantitative estimate of drug-likeness (QED) is 0.850. The van der Waals surface area contributed by atoms with Gasteiger partial charge >= 0.3 is 0 Å². The van der Waals surface area contributed by atoms with Crippen molar-refractivity contribution in [1.82, 2.24) is 10.5 Å². The second-order valence-electron chi connectivity index (χ2n) is 5.16. The Hall–Kier alpha value is -2.30. The van der Waals surface area contributed by atoms with Crippen molar-refractivity contribution in [3.8, 4) is 5.75 Å². The van der Waals surface area contributed by atoms with Crippen molar-refractivity contribution < 1.29 is 14.1 Å². The minimum Gasteiger partial charge on any atom is -0.497 e. The van der Waals surface area contributed by atoms with Gasteiger partial charge in [-0.25, -0.2) is 0 Å². The van der Waals surface area contributed by atoms with E-state index in [-0.39, 0.29) is 11.7 Å². The molecule has 2 aromatic rings. The third-order valence-electron chi connectivity index (χ3n) is 3.74. The van der Waals surface area contributed by atoms with Gasteiger partial charge in [0.15, 0.2) is 0 Å². The zero-order valence-electron chi connectivity index (χ0n) is 13.3. The third-order valence-corrected chi connectivity index (χ3v) is 3.74.